The van der Waals surface area contributed by atoms with E-state index in [1.54, 1.807) is 0 Å². The summed E-state index contributed by atoms with van der Waals surface area (Å²) in [4.78, 5) is 14.9. The summed E-state index contributed by atoms with van der Waals surface area (Å²) in [6.07, 6.45) is 3.75. The van der Waals surface area contributed by atoms with Crippen LogP contribution < -0.4 is 0 Å². The van der Waals surface area contributed by atoms with Crippen molar-refractivity contribution in [3.8, 4) is 11.8 Å². The molecule has 3 saturated heterocycles. The third kappa shape index (κ3) is 2.96. The quantitative estimate of drug-likeness (QED) is 0.800. The van der Waals surface area contributed by atoms with Gasteiger partial charge < -0.3 is 14.7 Å². The van der Waals surface area contributed by atoms with Crippen molar-refractivity contribution in [3.63, 3.8) is 0 Å². The molecule has 0 aromatic heterocycles. The van der Waals surface area contributed by atoms with Gasteiger partial charge in [-0.2, -0.15) is 0 Å². The summed E-state index contributed by atoms with van der Waals surface area (Å²) in [6, 6.07) is 8.15. The van der Waals surface area contributed by atoms with Crippen molar-refractivity contribution in [3.05, 3.63) is 35.4 Å². The Morgan fingerprint density at radius 1 is 1.32 bits per heavy atom. The molecule has 25 heavy (non-hydrogen) atoms. The van der Waals surface area contributed by atoms with Gasteiger partial charge in [-0.3, -0.25) is 4.79 Å². The van der Waals surface area contributed by atoms with Crippen LogP contribution in [0.1, 0.15) is 50.2 Å². The largest absolute Gasteiger partial charge is 0.377 e. The minimum atomic E-state index is -1.01. The zero-order valence-corrected chi connectivity index (χ0v) is 14.9. The molecule has 3 aliphatic rings. The smallest absolute Gasteiger partial charge is 0.255 e. The first-order valence-corrected chi connectivity index (χ1v) is 9.18. The van der Waals surface area contributed by atoms with E-state index in [0.717, 1.165) is 30.4 Å². The highest BCUT2D eigenvalue weighted by Gasteiger charge is 2.54. The Kier molecular flexibility index (Phi) is 3.90. The number of aliphatic hydroxyl groups is 1. The minimum Gasteiger partial charge on any atom is -0.377 e. The van der Waals surface area contributed by atoms with Crippen LogP contribution in [0.25, 0.3) is 0 Å². The highest BCUT2D eigenvalue weighted by atomic mass is 16.5. The average molecular weight is 339 g/mol. The Balaban J connectivity index is 1.52. The van der Waals surface area contributed by atoms with Crippen LogP contribution in [0.15, 0.2) is 24.3 Å². The zero-order chi connectivity index (χ0) is 17.7. The third-order valence-electron chi connectivity index (χ3n) is 5.91. The molecule has 1 aromatic rings. The summed E-state index contributed by atoms with van der Waals surface area (Å²) in [5.41, 5.74) is 0.430. The summed E-state index contributed by atoms with van der Waals surface area (Å²) in [7, 11) is 0. The topological polar surface area (TPSA) is 49.8 Å². The first-order valence-electron chi connectivity index (χ1n) is 9.18. The first kappa shape index (κ1) is 16.6. The molecule has 2 bridgehead atoms. The molecule has 0 spiro atoms. The van der Waals surface area contributed by atoms with Gasteiger partial charge in [-0.25, -0.2) is 0 Å². The fourth-order valence-corrected chi connectivity index (χ4v) is 4.42. The Morgan fingerprint density at radius 2 is 2.00 bits per heavy atom. The molecule has 4 nitrogen and oxygen atoms in total. The van der Waals surface area contributed by atoms with Crippen molar-refractivity contribution < 1.29 is 14.6 Å². The molecule has 0 aliphatic carbocycles. The van der Waals surface area contributed by atoms with E-state index in [4.69, 9.17) is 4.74 Å². The Hall–Kier alpha value is -1.83. The number of carbonyl (C=O) groups is 1. The second kappa shape index (κ2) is 5.86. The highest BCUT2D eigenvalue weighted by Crippen LogP contribution is 2.43. The minimum absolute atomic E-state index is 0.0732. The molecule has 4 heteroatoms. The second-order valence-corrected chi connectivity index (χ2v) is 7.99. The van der Waals surface area contributed by atoms with Gasteiger partial charge in [0, 0.05) is 36.9 Å². The SMILES string of the molecule is Cc1cccc(C#CC2(O)CC3CCC(C2)N3C(=O)C2(C)CCO2)c1. The molecular formula is C21H25NO3. The summed E-state index contributed by atoms with van der Waals surface area (Å²) in [5, 5.41) is 11.0. The van der Waals surface area contributed by atoms with Gasteiger partial charge in [0.25, 0.3) is 5.91 Å². The molecule has 3 fully saturated rings. The monoisotopic (exact) mass is 339 g/mol. The van der Waals surface area contributed by atoms with E-state index in [-0.39, 0.29) is 18.0 Å². The number of hydrogen-bond acceptors (Lipinski definition) is 3. The number of hydrogen-bond donors (Lipinski definition) is 1. The summed E-state index contributed by atoms with van der Waals surface area (Å²) in [6.45, 7) is 4.58. The number of amides is 1. The van der Waals surface area contributed by atoms with Crippen LogP contribution >= 0.6 is 0 Å². The number of aryl methyl sites for hydroxylation is 1. The molecule has 1 N–H and O–H groups in total. The molecule has 132 valence electrons. The Bertz CT molecular complexity index is 742. The van der Waals surface area contributed by atoms with E-state index in [0.29, 0.717) is 19.4 Å². The first-order chi connectivity index (χ1) is 11.9. The lowest BCUT2D eigenvalue weighted by Crippen LogP contribution is -2.61. The molecule has 0 radical (unpaired) electrons. The maximum atomic E-state index is 12.9. The van der Waals surface area contributed by atoms with Crippen molar-refractivity contribution >= 4 is 5.91 Å². The fourth-order valence-electron chi connectivity index (χ4n) is 4.42. The molecule has 1 aromatic carbocycles. The van der Waals surface area contributed by atoms with E-state index in [9.17, 15) is 9.90 Å². The predicted molar refractivity (Wildman–Crippen MR) is 94.9 cm³/mol. The number of carbonyl (C=O) groups excluding carboxylic acids is 1. The van der Waals surface area contributed by atoms with Gasteiger partial charge in [-0.05, 0) is 44.4 Å². The fraction of sp³-hybridized carbons (Fsp3) is 0.571. The van der Waals surface area contributed by atoms with Crippen LogP contribution in [-0.4, -0.2) is 45.8 Å². The molecule has 3 heterocycles. The highest BCUT2D eigenvalue weighted by molar-refractivity contribution is 5.86. The number of rotatable bonds is 1. The number of piperidine rings is 1. The number of ether oxygens (including phenoxy) is 1. The van der Waals surface area contributed by atoms with Crippen LogP contribution in [0.2, 0.25) is 0 Å². The number of fused-ring (bicyclic) bond motifs is 2. The van der Waals surface area contributed by atoms with Crippen molar-refractivity contribution in [1.29, 1.82) is 0 Å². The van der Waals surface area contributed by atoms with Gasteiger partial charge in [0.2, 0.25) is 0 Å². The van der Waals surface area contributed by atoms with Gasteiger partial charge in [0.05, 0.1) is 6.61 Å². The average Bonchev–Trinajstić information content (AvgIpc) is 2.83. The Morgan fingerprint density at radius 3 is 2.56 bits per heavy atom. The van der Waals surface area contributed by atoms with Crippen molar-refractivity contribution in [2.45, 2.75) is 69.2 Å². The van der Waals surface area contributed by atoms with Gasteiger partial charge in [-0.1, -0.05) is 24.0 Å². The van der Waals surface area contributed by atoms with Crippen LogP contribution in [0.5, 0.6) is 0 Å². The van der Waals surface area contributed by atoms with Crippen molar-refractivity contribution in [2.24, 2.45) is 0 Å². The lowest BCUT2D eigenvalue weighted by Gasteiger charge is -2.47. The van der Waals surface area contributed by atoms with E-state index in [1.807, 2.05) is 43.0 Å². The molecule has 3 aliphatic heterocycles. The van der Waals surface area contributed by atoms with Crippen LogP contribution in [0.3, 0.4) is 0 Å². The van der Waals surface area contributed by atoms with Crippen molar-refractivity contribution in [1.82, 2.24) is 4.90 Å². The van der Waals surface area contributed by atoms with Gasteiger partial charge in [0.15, 0.2) is 0 Å². The van der Waals surface area contributed by atoms with E-state index < -0.39 is 11.2 Å². The number of nitrogens with zero attached hydrogens (tertiary/aromatic N) is 1. The summed E-state index contributed by atoms with van der Waals surface area (Å²) >= 11 is 0. The van der Waals surface area contributed by atoms with E-state index in [2.05, 4.69) is 11.8 Å². The van der Waals surface area contributed by atoms with E-state index in [1.165, 1.54) is 0 Å². The molecule has 4 rings (SSSR count). The zero-order valence-electron chi connectivity index (χ0n) is 14.9. The molecule has 3 unspecified atom stereocenters. The normalized spacial score (nSPS) is 36.4. The van der Waals surface area contributed by atoms with Crippen LogP contribution in [0, 0.1) is 18.8 Å². The van der Waals surface area contributed by atoms with Crippen molar-refractivity contribution in [2.75, 3.05) is 6.61 Å². The molecule has 0 saturated carbocycles. The standard InChI is InChI=1S/C21H25NO3/c1-15-4-3-5-16(12-15)8-9-21(24)13-17-6-7-18(14-21)22(17)19(23)20(2)10-11-25-20/h3-5,12,17-18,24H,6-7,10-11,13-14H2,1-2H3. The maximum absolute atomic E-state index is 12.9. The molecular weight excluding hydrogens is 314 g/mol. The summed E-state index contributed by atoms with van der Waals surface area (Å²) in [5.74, 6) is 6.34. The van der Waals surface area contributed by atoms with Crippen LogP contribution in [-0.2, 0) is 9.53 Å². The van der Waals surface area contributed by atoms with Crippen LogP contribution in [0.4, 0.5) is 0 Å². The lowest BCUT2D eigenvalue weighted by atomic mass is 9.84. The second-order valence-electron chi connectivity index (χ2n) is 7.99. The van der Waals surface area contributed by atoms with Gasteiger partial charge in [-0.15, -0.1) is 0 Å². The van der Waals surface area contributed by atoms with E-state index >= 15 is 0 Å². The Labute approximate surface area is 149 Å². The maximum Gasteiger partial charge on any atom is 0.255 e. The van der Waals surface area contributed by atoms with Gasteiger partial charge in [0.1, 0.15) is 11.2 Å². The third-order valence-corrected chi connectivity index (χ3v) is 5.91. The number of benzene rings is 1. The molecule has 1 amide bonds. The predicted octanol–water partition coefficient (Wildman–Crippen LogP) is 2.41. The molecule has 3 atom stereocenters. The lowest BCUT2D eigenvalue weighted by molar-refractivity contribution is -0.188. The van der Waals surface area contributed by atoms with Gasteiger partial charge >= 0.3 is 0 Å². The summed E-state index contributed by atoms with van der Waals surface area (Å²) < 4.78 is 5.54.